The van der Waals surface area contributed by atoms with E-state index in [9.17, 15) is 15.1 Å². The molecule has 0 bridgehead atoms. The molecule has 17 heavy (non-hydrogen) atoms. The summed E-state index contributed by atoms with van der Waals surface area (Å²) in [6.45, 7) is 5.86. The van der Waals surface area contributed by atoms with Crippen molar-refractivity contribution in [2.75, 3.05) is 7.11 Å². The van der Waals surface area contributed by atoms with Gasteiger partial charge in [-0.25, -0.2) is 4.79 Å². The molecule has 1 aliphatic carbocycles. The Bertz CT molecular complexity index is 308. The van der Waals surface area contributed by atoms with Crippen molar-refractivity contribution in [2.24, 2.45) is 11.3 Å². The van der Waals surface area contributed by atoms with Crippen LogP contribution in [0.15, 0.2) is 12.2 Å². The van der Waals surface area contributed by atoms with Crippen molar-refractivity contribution in [3.63, 3.8) is 0 Å². The van der Waals surface area contributed by atoms with Gasteiger partial charge in [0.05, 0.1) is 19.3 Å². The number of rotatable bonds is 2. The Labute approximate surface area is 102 Å². The van der Waals surface area contributed by atoms with E-state index in [4.69, 9.17) is 0 Å². The number of ether oxygens (including phenoxy) is 1. The van der Waals surface area contributed by atoms with Gasteiger partial charge in [0, 0.05) is 5.92 Å². The van der Waals surface area contributed by atoms with Crippen LogP contribution in [0.25, 0.3) is 0 Å². The highest BCUT2D eigenvalue weighted by atomic mass is 16.6. The summed E-state index contributed by atoms with van der Waals surface area (Å²) in [5.41, 5.74) is -0.227. The van der Waals surface area contributed by atoms with Crippen LogP contribution in [0.5, 0.6) is 0 Å². The van der Waals surface area contributed by atoms with Crippen molar-refractivity contribution in [2.45, 2.75) is 39.3 Å². The van der Waals surface area contributed by atoms with Gasteiger partial charge in [-0.2, -0.15) is 5.06 Å². The molecule has 0 fully saturated rings. The van der Waals surface area contributed by atoms with E-state index in [1.807, 2.05) is 26.8 Å². The first-order valence-corrected chi connectivity index (χ1v) is 5.70. The number of nitrogens with zero attached hydrogens (tertiary/aromatic N) is 1. The normalized spacial score (nSPS) is 25.8. The summed E-state index contributed by atoms with van der Waals surface area (Å²) in [4.78, 5) is 11.1. The Balaban J connectivity index is 2.60. The average Bonchev–Trinajstić information content (AvgIpc) is 2.73. The zero-order chi connectivity index (χ0) is 13.2. The highest BCUT2D eigenvalue weighted by Gasteiger charge is 2.35. The van der Waals surface area contributed by atoms with Crippen LogP contribution in [-0.4, -0.2) is 40.7 Å². The fraction of sp³-hybridized carbons (Fsp3) is 0.750. The Morgan fingerprint density at radius 1 is 1.47 bits per heavy atom. The van der Waals surface area contributed by atoms with Gasteiger partial charge in [-0.05, 0) is 11.8 Å². The lowest BCUT2D eigenvalue weighted by Crippen LogP contribution is -2.38. The van der Waals surface area contributed by atoms with Crippen LogP contribution in [0.4, 0.5) is 4.79 Å². The summed E-state index contributed by atoms with van der Waals surface area (Å²) in [7, 11) is 1.21. The molecular formula is C12H21NO4. The van der Waals surface area contributed by atoms with E-state index < -0.39 is 18.2 Å². The van der Waals surface area contributed by atoms with Gasteiger partial charge in [0.1, 0.15) is 0 Å². The molecule has 0 aliphatic heterocycles. The number of amides is 1. The SMILES string of the molecule is COC(=O)N(O)[C@H]1C=C[C@@H](C(O)C(C)(C)C)C1. The van der Waals surface area contributed by atoms with E-state index in [1.165, 1.54) is 7.11 Å². The maximum atomic E-state index is 11.1. The third kappa shape index (κ3) is 3.20. The summed E-state index contributed by atoms with van der Waals surface area (Å²) in [6, 6.07) is -0.426. The molecule has 1 aliphatic rings. The predicted molar refractivity (Wildman–Crippen MR) is 62.5 cm³/mol. The lowest BCUT2D eigenvalue weighted by Gasteiger charge is -2.31. The smallest absolute Gasteiger partial charge is 0.434 e. The third-order valence-corrected chi connectivity index (χ3v) is 3.06. The molecule has 1 amide bonds. The second-order valence-corrected chi connectivity index (χ2v) is 5.48. The number of methoxy groups -OCH3 is 1. The second kappa shape index (κ2) is 5.06. The van der Waals surface area contributed by atoms with Gasteiger partial charge in [-0.1, -0.05) is 32.9 Å². The quantitative estimate of drug-likeness (QED) is 0.441. The van der Waals surface area contributed by atoms with E-state index in [0.717, 1.165) is 0 Å². The topological polar surface area (TPSA) is 70.0 Å². The van der Waals surface area contributed by atoms with Crippen LogP contribution >= 0.6 is 0 Å². The number of hydrogen-bond donors (Lipinski definition) is 2. The first kappa shape index (κ1) is 14.0. The number of hydrogen-bond acceptors (Lipinski definition) is 4. The van der Waals surface area contributed by atoms with Gasteiger partial charge >= 0.3 is 6.09 Å². The maximum absolute atomic E-state index is 11.1. The first-order chi connectivity index (χ1) is 7.77. The second-order valence-electron chi connectivity index (χ2n) is 5.48. The highest BCUT2D eigenvalue weighted by Crippen LogP contribution is 2.33. The summed E-state index contributed by atoms with van der Waals surface area (Å²) in [6.07, 6.45) is 2.77. The van der Waals surface area contributed by atoms with Crippen LogP contribution in [-0.2, 0) is 4.74 Å². The minimum absolute atomic E-state index is 0.0562. The lowest BCUT2D eigenvalue weighted by molar-refractivity contribution is -0.0934. The molecular weight excluding hydrogens is 222 g/mol. The lowest BCUT2D eigenvalue weighted by atomic mass is 9.81. The van der Waals surface area contributed by atoms with Crippen LogP contribution in [0, 0.1) is 11.3 Å². The fourth-order valence-electron chi connectivity index (χ4n) is 1.99. The molecule has 5 heteroatoms. The zero-order valence-electron chi connectivity index (χ0n) is 10.8. The molecule has 1 rings (SSSR count). The third-order valence-electron chi connectivity index (χ3n) is 3.06. The molecule has 98 valence electrons. The molecule has 3 atom stereocenters. The van der Waals surface area contributed by atoms with Gasteiger partial charge in [0.15, 0.2) is 0 Å². The van der Waals surface area contributed by atoms with Crippen molar-refractivity contribution in [1.82, 2.24) is 5.06 Å². The van der Waals surface area contributed by atoms with Gasteiger partial charge in [0.2, 0.25) is 0 Å². The van der Waals surface area contributed by atoms with Crippen LogP contribution in [0.2, 0.25) is 0 Å². The molecule has 0 saturated carbocycles. The summed E-state index contributed by atoms with van der Waals surface area (Å²) >= 11 is 0. The van der Waals surface area contributed by atoms with Crippen LogP contribution in [0.3, 0.4) is 0 Å². The number of carbonyl (C=O) groups excluding carboxylic acids is 1. The van der Waals surface area contributed by atoms with Gasteiger partial charge in [-0.3, -0.25) is 5.21 Å². The Kier molecular flexibility index (Phi) is 4.16. The summed E-state index contributed by atoms with van der Waals surface area (Å²) < 4.78 is 4.43. The molecule has 0 saturated heterocycles. The van der Waals surface area contributed by atoms with E-state index >= 15 is 0 Å². The number of carbonyl (C=O) groups is 1. The summed E-state index contributed by atoms with van der Waals surface area (Å²) in [5, 5.41) is 20.2. The van der Waals surface area contributed by atoms with E-state index in [-0.39, 0.29) is 11.3 Å². The van der Waals surface area contributed by atoms with Gasteiger partial charge in [0.25, 0.3) is 0 Å². The predicted octanol–water partition coefficient (Wildman–Crippen LogP) is 1.80. The Morgan fingerprint density at radius 2 is 2.06 bits per heavy atom. The molecule has 0 spiro atoms. The van der Waals surface area contributed by atoms with Crippen LogP contribution in [0.1, 0.15) is 27.2 Å². The molecule has 0 heterocycles. The number of hydroxylamine groups is 2. The van der Waals surface area contributed by atoms with Gasteiger partial charge < -0.3 is 9.84 Å². The molecule has 5 nitrogen and oxygen atoms in total. The van der Waals surface area contributed by atoms with E-state index in [0.29, 0.717) is 11.5 Å². The maximum Gasteiger partial charge on any atom is 0.434 e. The van der Waals surface area contributed by atoms with E-state index in [2.05, 4.69) is 4.74 Å². The minimum Gasteiger partial charge on any atom is -0.451 e. The Morgan fingerprint density at radius 3 is 2.53 bits per heavy atom. The van der Waals surface area contributed by atoms with Gasteiger partial charge in [-0.15, -0.1) is 0 Å². The minimum atomic E-state index is -0.787. The first-order valence-electron chi connectivity index (χ1n) is 5.70. The zero-order valence-corrected chi connectivity index (χ0v) is 10.8. The molecule has 1 unspecified atom stereocenters. The van der Waals surface area contributed by atoms with Crippen LogP contribution < -0.4 is 0 Å². The largest absolute Gasteiger partial charge is 0.451 e. The molecule has 2 N–H and O–H groups in total. The number of aliphatic hydroxyl groups excluding tert-OH is 1. The molecule has 0 aromatic heterocycles. The van der Waals surface area contributed by atoms with Crippen molar-refractivity contribution < 1.29 is 19.8 Å². The highest BCUT2D eigenvalue weighted by molar-refractivity contribution is 5.66. The standard InChI is InChI=1S/C12H21NO4/c1-12(2,3)10(14)8-5-6-9(7-8)13(16)11(15)17-4/h5-6,8-10,14,16H,7H2,1-4H3/t8-,9+,10?/m1/s1. The average molecular weight is 243 g/mol. The fourth-order valence-corrected chi connectivity index (χ4v) is 1.99. The molecule has 0 aromatic carbocycles. The molecule has 0 radical (unpaired) electrons. The summed E-state index contributed by atoms with van der Waals surface area (Å²) in [5.74, 6) is -0.0562. The van der Waals surface area contributed by atoms with Crippen molar-refractivity contribution in [1.29, 1.82) is 0 Å². The monoisotopic (exact) mass is 243 g/mol. The molecule has 0 aromatic rings. The van der Waals surface area contributed by atoms with E-state index in [1.54, 1.807) is 6.08 Å². The Hall–Kier alpha value is -1.07. The number of aliphatic hydroxyl groups is 1. The van der Waals surface area contributed by atoms with Crippen molar-refractivity contribution in [3.05, 3.63) is 12.2 Å². The van der Waals surface area contributed by atoms with Crippen molar-refractivity contribution in [3.8, 4) is 0 Å². The van der Waals surface area contributed by atoms with Crippen molar-refractivity contribution >= 4 is 6.09 Å².